The van der Waals surface area contributed by atoms with E-state index in [9.17, 15) is 9.59 Å². The number of aryl methyl sites for hydroxylation is 1. The van der Waals surface area contributed by atoms with Crippen LogP contribution in [0.4, 0.5) is 0 Å². The monoisotopic (exact) mass is 314 g/mol. The molecule has 2 aromatic rings. The van der Waals surface area contributed by atoms with Crippen LogP contribution in [0.15, 0.2) is 24.3 Å². The molecule has 1 amide bonds. The number of esters is 1. The fraction of sp³-hybridized carbons (Fsp3) is 0.444. The maximum Gasteiger partial charge on any atom is 0.305 e. The fourth-order valence-corrected chi connectivity index (χ4v) is 3.29. The smallest absolute Gasteiger partial charge is 0.305 e. The fourth-order valence-electron chi connectivity index (χ4n) is 3.29. The molecule has 0 atom stereocenters. The van der Waals surface area contributed by atoms with E-state index >= 15 is 0 Å². The van der Waals surface area contributed by atoms with Gasteiger partial charge in [-0.25, -0.2) is 0 Å². The molecule has 0 fully saturated rings. The normalized spacial score (nSPS) is 14.2. The Morgan fingerprint density at radius 2 is 2.17 bits per heavy atom. The highest BCUT2D eigenvalue weighted by Gasteiger charge is 2.23. The van der Waals surface area contributed by atoms with Crippen molar-refractivity contribution in [3.8, 4) is 0 Å². The Morgan fingerprint density at radius 1 is 1.35 bits per heavy atom. The average molecular weight is 314 g/mol. The molecule has 1 aliphatic rings. The van der Waals surface area contributed by atoms with Gasteiger partial charge in [-0.2, -0.15) is 0 Å². The molecule has 5 heteroatoms. The molecule has 1 aromatic carbocycles. The third kappa shape index (κ3) is 3.09. The molecule has 122 valence electrons. The minimum absolute atomic E-state index is 0.0119. The van der Waals surface area contributed by atoms with Gasteiger partial charge in [0.15, 0.2) is 0 Å². The van der Waals surface area contributed by atoms with Crippen molar-refractivity contribution in [3.05, 3.63) is 35.5 Å². The number of carbonyl (C=O) groups excluding carboxylic acids is 2. The lowest BCUT2D eigenvalue weighted by Gasteiger charge is -2.10. The standard InChI is InChI=1S/C18H22N2O3/c1-2-23-16(21)10-6-12-20-14-8-4-3-7-13(14)17-15(20)9-5-11-19-18(17)22/h3-4,7-8H,2,5-6,9-12H2,1H3,(H,19,22). The summed E-state index contributed by atoms with van der Waals surface area (Å²) in [4.78, 5) is 23.9. The summed E-state index contributed by atoms with van der Waals surface area (Å²) >= 11 is 0. The van der Waals surface area contributed by atoms with Gasteiger partial charge in [-0.15, -0.1) is 0 Å². The van der Waals surface area contributed by atoms with Gasteiger partial charge in [-0.3, -0.25) is 9.59 Å². The lowest BCUT2D eigenvalue weighted by atomic mass is 10.1. The van der Waals surface area contributed by atoms with E-state index < -0.39 is 0 Å². The number of hydrogen-bond donors (Lipinski definition) is 1. The third-order valence-corrected chi connectivity index (χ3v) is 4.25. The molecule has 5 nitrogen and oxygen atoms in total. The second-order valence-electron chi connectivity index (χ2n) is 5.76. The number of rotatable bonds is 5. The summed E-state index contributed by atoms with van der Waals surface area (Å²) < 4.78 is 7.19. The molecule has 1 N–H and O–H groups in total. The molecule has 0 radical (unpaired) electrons. The lowest BCUT2D eigenvalue weighted by Crippen LogP contribution is -2.22. The molecule has 1 aromatic heterocycles. The van der Waals surface area contributed by atoms with Gasteiger partial charge >= 0.3 is 5.97 Å². The molecular weight excluding hydrogens is 292 g/mol. The number of ether oxygens (including phenoxy) is 1. The number of nitrogens with one attached hydrogen (secondary N) is 1. The summed E-state index contributed by atoms with van der Waals surface area (Å²) in [5.41, 5.74) is 2.96. The van der Waals surface area contributed by atoms with Crippen molar-refractivity contribution < 1.29 is 14.3 Å². The minimum Gasteiger partial charge on any atom is -0.466 e. The first-order chi connectivity index (χ1) is 11.2. The first-order valence-electron chi connectivity index (χ1n) is 8.26. The van der Waals surface area contributed by atoms with E-state index in [-0.39, 0.29) is 11.9 Å². The van der Waals surface area contributed by atoms with Gasteiger partial charge in [-0.1, -0.05) is 18.2 Å². The number of carbonyl (C=O) groups is 2. The first kappa shape index (κ1) is 15.6. The van der Waals surface area contributed by atoms with Crippen LogP contribution in [-0.2, 0) is 22.5 Å². The van der Waals surface area contributed by atoms with E-state index in [1.165, 1.54) is 0 Å². The highest BCUT2D eigenvalue weighted by atomic mass is 16.5. The zero-order valence-electron chi connectivity index (χ0n) is 13.4. The van der Waals surface area contributed by atoms with E-state index in [1.54, 1.807) is 0 Å². The minimum atomic E-state index is -0.159. The highest BCUT2D eigenvalue weighted by Crippen LogP contribution is 2.29. The van der Waals surface area contributed by atoms with Gasteiger partial charge in [0.25, 0.3) is 5.91 Å². The van der Waals surface area contributed by atoms with Crippen LogP contribution in [0.2, 0.25) is 0 Å². The molecule has 0 spiro atoms. The zero-order valence-corrected chi connectivity index (χ0v) is 13.4. The lowest BCUT2D eigenvalue weighted by molar-refractivity contribution is -0.143. The second kappa shape index (κ2) is 6.86. The number of fused-ring (bicyclic) bond motifs is 3. The Balaban J connectivity index is 1.91. The quantitative estimate of drug-likeness (QED) is 0.863. The van der Waals surface area contributed by atoms with Crippen molar-refractivity contribution in [2.45, 2.75) is 39.2 Å². The van der Waals surface area contributed by atoms with Crippen molar-refractivity contribution in [1.82, 2.24) is 9.88 Å². The van der Waals surface area contributed by atoms with Crippen LogP contribution >= 0.6 is 0 Å². The topological polar surface area (TPSA) is 60.3 Å². The molecule has 0 bridgehead atoms. The summed E-state index contributed by atoms with van der Waals surface area (Å²) in [5, 5.41) is 3.97. The van der Waals surface area contributed by atoms with Gasteiger partial charge in [0.05, 0.1) is 12.2 Å². The number of amides is 1. The Bertz CT molecular complexity index is 733. The molecule has 0 aliphatic carbocycles. The van der Waals surface area contributed by atoms with Gasteiger partial charge in [0, 0.05) is 36.1 Å². The molecule has 3 rings (SSSR count). The van der Waals surface area contributed by atoms with Gasteiger partial charge in [0.1, 0.15) is 0 Å². The summed E-state index contributed by atoms with van der Waals surface area (Å²) in [7, 11) is 0. The van der Waals surface area contributed by atoms with E-state index in [0.717, 1.165) is 41.5 Å². The van der Waals surface area contributed by atoms with E-state index in [0.29, 0.717) is 26.0 Å². The van der Waals surface area contributed by atoms with Crippen LogP contribution in [0.5, 0.6) is 0 Å². The molecule has 0 saturated carbocycles. The molecule has 0 unspecified atom stereocenters. The number of nitrogens with zero attached hydrogens (tertiary/aromatic N) is 1. The van der Waals surface area contributed by atoms with E-state index in [4.69, 9.17) is 4.74 Å². The summed E-state index contributed by atoms with van der Waals surface area (Å²) in [6.07, 6.45) is 2.93. The Morgan fingerprint density at radius 3 is 3.00 bits per heavy atom. The zero-order chi connectivity index (χ0) is 16.2. The summed E-state index contributed by atoms with van der Waals surface area (Å²) in [6.45, 7) is 3.67. The third-order valence-electron chi connectivity index (χ3n) is 4.25. The van der Waals surface area contributed by atoms with E-state index in [2.05, 4.69) is 9.88 Å². The predicted octanol–water partition coefficient (Wildman–Crippen LogP) is 2.66. The first-order valence-corrected chi connectivity index (χ1v) is 8.26. The number of benzene rings is 1. The van der Waals surface area contributed by atoms with Gasteiger partial charge < -0.3 is 14.6 Å². The molecular formula is C18H22N2O3. The molecule has 0 saturated heterocycles. The van der Waals surface area contributed by atoms with Crippen LogP contribution in [0.3, 0.4) is 0 Å². The van der Waals surface area contributed by atoms with E-state index in [1.807, 2.05) is 31.2 Å². The van der Waals surface area contributed by atoms with Crippen molar-refractivity contribution >= 4 is 22.8 Å². The Labute approximate surface area is 135 Å². The molecule has 1 aliphatic heterocycles. The van der Waals surface area contributed by atoms with Crippen LogP contribution in [0.25, 0.3) is 10.9 Å². The summed E-state index contributed by atoms with van der Waals surface area (Å²) in [6, 6.07) is 7.99. The number of hydrogen-bond acceptors (Lipinski definition) is 3. The van der Waals surface area contributed by atoms with Crippen LogP contribution in [0.1, 0.15) is 42.2 Å². The average Bonchev–Trinajstić information content (AvgIpc) is 2.72. The van der Waals surface area contributed by atoms with Crippen molar-refractivity contribution in [2.75, 3.05) is 13.2 Å². The highest BCUT2D eigenvalue weighted by molar-refractivity contribution is 6.08. The SMILES string of the molecule is CCOC(=O)CCCn1c2c(c3ccccc31)C(=O)NCCC2. The Hall–Kier alpha value is -2.30. The summed E-state index contributed by atoms with van der Waals surface area (Å²) in [5.74, 6) is -0.148. The number of para-hydroxylation sites is 1. The van der Waals surface area contributed by atoms with Crippen LogP contribution < -0.4 is 5.32 Å². The second-order valence-corrected chi connectivity index (χ2v) is 5.76. The molecule has 23 heavy (non-hydrogen) atoms. The van der Waals surface area contributed by atoms with Crippen molar-refractivity contribution in [1.29, 1.82) is 0 Å². The van der Waals surface area contributed by atoms with Gasteiger partial charge in [0.2, 0.25) is 0 Å². The Kier molecular flexibility index (Phi) is 4.65. The maximum absolute atomic E-state index is 12.4. The predicted molar refractivity (Wildman–Crippen MR) is 88.5 cm³/mol. The van der Waals surface area contributed by atoms with Crippen LogP contribution in [-0.4, -0.2) is 29.6 Å². The largest absolute Gasteiger partial charge is 0.466 e. The van der Waals surface area contributed by atoms with Crippen molar-refractivity contribution in [2.24, 2.45) is 0 Å². The molecule has 2 heterocycles. The van der Waals surface area contributed by atoms with Crippen molar-refractivity contribution in [3.63, 3.8) is 0 Å². The number of aromatic nitrogens is 1. The van der Waals surface area contributed by atoms with Crippen LogP contribution in [0, 0.1) is 0 Å². The maximum atomic E-state index is 12.4. The van der Waals surface area contributed by atoms with Gasteiger partial charge in [-0.05, 0) is 32.3 Å².